The molecule has 0 saturated heterocycles. The van der Waals surface area contributed by atoms with Gasteiger partial charge in [0, 0.05) is 17.1 Å². The van der Waals surface area contributed by atoms with Crippen molar-refractivity contribution >= 4 is 39.9 Å². The van der Waals surface area contributed by atoms with Gasteiger partial charge in [-0.3, -0.25) is 4.79 Å². The number of para-hydroxylation sites is 1. The first kappa shape index (κ1) is 20.2. The van der Waals surface area contributed by atoms with Gasteiger partial charge in [0.2, 0.25) is 5.91 Å². The van der Waals surface area contributed by atoms with E-state index in [0.29, 0.717) is 27.4 Å². The number of aromatic nitrogens is 3. The molecule has 1 atom stereocenters. The Morgan fingerprint density at radius 3 is 2.62 bits per heavy atom. The van der Waals surface area contributed by atoms with E-state index in [4.69, 9.17) is 22.1 Å². The fraction of sp³-hybridized carbons (Fsp3) is 0.0417. The molecule has 1 amide bonds. The fourth-order valence-electron chi connectivity index (χ4n) is 3.48. The lowest BCUT2D eigenvalue weighted by Crippen LogP contribution is -2.22. The van der Waals surface area contributed by atoms with E-state index in [2.05, 4.69) is 15.0 Å². The van der Waals surface area contributed by atoms with Crippen LogP contribution in [0.1, 0.15) is 16.5 Å². The maximum Gasteiger partial charge on any atom is 0.231 e. The quantitative estimate of drug-likeness (QED) is 0.337. The molecule has 2 aromatic heterocycles. The number of nitrogens with one attached hydrogen (secondary N) is 1. The van der Waals surface area contributed by atoms with Crippen molar-refractivity contribution < 1.29 is 9.53 Å². The van der Waals surface area contributed by atoms with Crippen molar-refractivity contribution in [3.63, 3.8) is 0 Å². The number of fused-ring (bicyclic) bond motifs is 1. The number of carbonyl (C=O) groups excluding carboxylic acids is 1. The number of nitrogens with zero attached hydrogens (tertiary/aromatic N) is 2. The predicted octanol–water partition coefficient (Wildman–Crippen LogP) is 5.75. The van der Waals surface area contributed by atoms with Crippen LogP contribution in [0, 0.1) is 0 Å². The van der Waals surface area contributed by atoms with E-state index in [-0.39, 0.29) is 0 Å². The highest BCUT2D eigenvalue weighted by Gasteiger charge is 2.23. The Morgan fingerprint density at radius 2 is 1.91 bits per heavy atom. The Kier molecular flexibility index (Phi) is 5.34. The number of rotatable bonds is 6. The molecule has 0 aliphatic carbocycles. The number of halogens is 1. The fourth-order valence-corrected chi connectivity index (χ4v) is 4.43. The van der Waals surface area contributed by atoms with Crippen LogP contribution < -0.4 is 10.5 Å². The van der Waals surface area contributed by atoms with Gasteiger partial charge in [0.05, 0.1) is 16.1 Å². The number of amides is 1. The third kappa shape index (κ3) is 3.95. The molecule has 0 spiro atoms. The summed E-state index contributed by atoms with van der Waals surface area (Å²) in [6.45, 7) is 0. The number of aromatic amines is 1. The molecule has 32 heavy (non-hydrogen) atoms. The van der Waals surface area contributed by atoms with Crippen LogP contribution in [-0.2, 0) is 4.79 Å². The van der Waals surface area contributed by atoms with E-state index in [1.165, 1.54) is 11.3 Å². The van der Waals surface area contributed by atoms with Gasteiger partial charge in [-0.05, 0) is 54.1 Å². The molecule has 8 heteroatoms. The standard InChI is InChI=1S/C24H17ClN4O2S/c25-17-3-1-2-4-20(17)31-16-8-5-14(6-9-16)23-28-18-10-7-15(13-19(18)29-23)21(22(26)30)24-27-11-12-32-24/h1-13,21H,(H2,26,30)(H,28,29). The summed E-state index contributed by atoms with van der Waals surface area (Å²) < 4.78 is 5.85. The van der Waals surface area contributed by atoms with E-state index >= 15 is 0 Å². The third-order valence-corrected chi connectivity index (χ3v) is 6.17. The van der Waals surface area contributed by atoms with Crippen molar-refractivity contribution in [3.8, 4) is 22.9 Å². The minimum Gasteiger partial charge on any atom is -0.456 e. The number of hydrogen-bond donors (Lipinski definition) is 2. The van der Waals surface area contributed by atoms with Crippen molar-refractivity contribution in [1.82, 2.24) is 15.0 Å². The number of ether oxygens (including phenoxy) is 1. The first-order valence-corrected chi connectivity index (χ1v) is 11.1. The Hall–Kier alpha value is -3.68. The van der Waals surface area contributed by atoms with Gasteiger partial charge in [0.1, 0.15) is 28.2 Å². The maximum atomic E-state index is 12.1. The first-order chi connectivity index (χ1) is 15.6. The van der Waals surface area contributed by atoms with Gasteiger partial charge in [-0.25, -0.2) is 9.97 Å². The van der Waals surface area contributed by atoms with E-state index in [1.54, 1.807) is 12.3 Å². The number of H-pyrrole nitrogens is 1. The third-order valence-electron chi connectivity index (χ3n) is 5.01. The zero-order chi connectivity index (χ0) is 22.1. The average molecular weight is 461 g/mol. The number of imidazole rings is 1. The lowest BCUT2D eigenvalue weighted by atomic mass is 9.98. The second kappa shape index (κ2) is 8.45. The second-order valence-corrected chi connectivity index (χ2v) is 8.46. The average Bonchev–Trinajstić information content (AvgIpc) is 3.46. The highest BCUT2D eigenvalue weighted by molar-refractivity contribution is 7.09. The van der Waals surface area contributed by atoms with Gasteiger partial charge >= 0.3 is 0 Å². The van der Waals surface area contributed by atoms with Crippen LogP contribution in [0.4, 0.5) is 0 Å². The minimum atomic E-state index is -0.590. The number of thiazole rings is 1. The summed E-state index contributed by atoms with van der Waals surface area (Å²) in [6, 6.07) is 20.5. The highest BCUT2D eigenvalue weighted by atomic mass is 35.5. The highest BCUT2D eigenvalue weighted by Crippen LogP contribution is 2.32. The molecule has 2 heterocycles. The summed E-state index contributed by atoms with van der Waals surface area (Å²) in [5.41, 5.74) is 8.95. The summed E-state index contributed by atoms with van der Waals surface area (Å²) in [5, 5.41) is 3.06. The van der Waals surface area contributed by atoms with Crippen LogP contribution in [-0.4, -0.2) is 20.9 Å². The lowest BCUT2D eigenvalue weighted by Gasteiger charge is -2.10. The van der Waals surface area contributed by atoms with Gasteiger partial charge < -0.3 is 15.5 Å². The van der Waals surface area contributed by atoms with E-state index < -0.39 is 11.8 Å². The molecule has 6 nitrogen and oxygen atoms in total. The van der Waals surface area contributed by atoms with Crippen LogP contribution in [0.25, 0.3) is 22.4 Å². The number of hydrogen-bond acceptors (Lipinski definition) is 5. The lowest BCUT2D eigenvalue weighted by molar-refractivity contribution is -0.118. The summed E-state index contributed by atoms with van der Waals surface area (Å²) in [6.07, 6.45) is 1.67. The second-order valence-electron chi connectivity index (χ2n) is 7.12. The number of benzene rings is 3. The number of primary amides is 1. The monoisotopic (exact) mass is 460 g/mol. The number of nitrogens with two attached hydrogens (primary N) is 1. The van der Waals surface area contributed by atoms with Crippen LogP contribution >= 0.6 is 22.9 Å². The van der Waals surface area contributed by atoms with Crippen molar-refractivity contribution in [2.75, 3.05) is 0 Å². The molecule has 0 aliphatic rings. The van der Waals surface area contributed by atoms with Gasteiger partial charge in [-0.15, -0.1) is 11.3 Å². The smallest absolute Gasteiger partial charge is 0.231 e. The topological polar surface area (TPSA) is 93.9 Å². The molecule has 3 N–H and O–H groups in total. The van der Waals surface area contributed by atoms with Crippen LogP contribution in [0.15, 0.2) is 78.3 Å². The largest absolute Gasteiger partial charge is 0.456 e. The van der Waals surface area contributed by atoms with Gasteiger partial charge in [0.15, 0.2) is 0 Å². The predicted molar refractivity (Wildman–Crippen MR) is 126 cm³/mol. The first-order valence-electron chi connectivity index (χ1n) is 9.79. The number of carbonyl (C=O) groups is 1. The summed E-state index contributed by atoms with van der Waals surface area (Å²) in [7, 11) is 0. The molecular formula is C24H17ClN4O2S. The maximum absolute atomic E-state index is 12.1. The van der Waals surface area contributed by atoms with Gasteiger partial charge in [0.25, 0.3) is 0 Å². The molecule has 1 unspecified atom stereocenters. The molecule has 5 rings (SSSR count). The van der Waals surface area contributed by atoms with E-state index in [9.17, 15) is 4.79 Å². The molecule has 0 saturated carbocycles. The van der Waals surface area contributed by atoms with Gasteiger partial charge in [-0.2, -0.15) is 0 Å². The molecular weight excluding hydrogens is 444 g/mol. The van der Waals surface area contributed by atoms with Crippen LogP contribution in [0.2, 0.25) is 5.02 Å². The van der Waals surface area contributed by atoms with Crippen LogP contribution in [0.3, 0.4) is 0 Å². The summed E-state index contributed by atoms with van der Waals surface area (Å²) in [5.74, 6) is 0.960. The zero-order valence-electron chi connectivity index (χ0n) is 16.7. The van der Waals surface area contributed by atoms with Gasteiger partial charge in [-0.1, -0.05) is 29.8 Å². The Bertz CT molecular complexity index is 1400. The zero-order valence-corrected chi connectivity index (χ0v) is 18.2. The summed E-state index contributed by atoms with van der Waals surface area (Å²) >= 11 is 7.57. The van der Waals surface area contributed by atoms with Crippen molar-refractivity contribution in [2.45, 2.75) is 5.92 Å². The van der Waals surface area contributed by atoms with Crippen molar-refractivity contribution in [2.24, 2.45) is 5.73 Å². The molecule has 158 valence electrons. The molecule has 0 aliphatic heterocycles. The molecule has 0 fully saturated rings. The normalized spacial score (nSPS) is 12.0. The molecule has 5 aromatic rings. The van der Waals surface area contributed by atoms with E-state index in [0.717, 1.165) is 22.2 Å². The van der Waals surface area contributed by atoms with Crippen LogP contribution in [0.5, 0.6) is 11.5 Å². The molecule has 0 bridgehead atoms. The SMILES string of the molecule is NC(=O)C(c1ccc2nc(-c3ccc(Oc4ccccc4Cl)cc3)[nH]c2c1)c1nccs1. The Balaban J connectivity index is 1.43. The van der Waals surface area contributed by atoms with Crippen molar-refractivity contribution in [1.29, 1.82) is 0 Å². The minimum absolute atomic E-state index is 0.437. The Labute approximate surface area is 192 Å². The Morgan fingerprint density at radius 1 is 1.09 bits per heavy atom. The van der Waals surface area contributed by atoms with E-state index in [1.807, 2.05) is 66.0 Å². The molecule has 0 radical (unpaired) electrons. The summed E-state index contributed by atoms with van der Waals surface area (Å²) in [4.78, 5) is 24.3. The van der Waals surface area contributed by atoms with Crippen molar-refractivity contribution in [3.05, 3.63) is 93.9 Å². The molecule has 3 aromatic carbocycles.